The van der Waals surface area contributed by atoms with Gasteiger partial charge in [-0.15, -0.1) is 0 Å². The Morgan fingerprint density at radius 1 is 1.00 bits per heavy atom. The fraction of sp³-hybridized carbons (Fsp3) is 1.00. The predicted molar refractivity (Wildman–Crippen MR) is 98.5 cm³/mol. The molecule has 0 aliphatic carbocycles. The van der Waals surface area contributed by atoms with Crippen molar-refractivity contribution in [3.63, 3.8) is 0 Å². The highest BCUT2D eigenvalue weighted by Gasteiger charge is 2.12. The molecule has 0 amide bonds. The van der Waals surface area contributed by atoms with Crippen molar-refractivity contribution in [2.45, 2.75) is 72.8 Å². The number of hydrogen-bond acceptors (Lipinski definition) is 3. The Morgan fingerprint density at radius 3 is 2.23 bits per heavy atom. The molecule has 0 saturated heterocycles. The molecule has 0 fully saturated rings. The maximum atomic E-state index is 5.68. The summed E-state index contributed by atoms with van der Waals surface area (Å²) >= 11 is 0. The van der Waals surface area contributed by atoms with Crippen LogP contribution in [0.3, 0.4) is 0 Å². The van der Waals surface area contributed by atoms with E-state index in [1.807, 2.05) is 7.11 Å². The van der Waals surface area contributed by atoms with Gasteiger partial charge in [-0.05, 0) is 57.3 Å². The van der Waals surface area contributed by atoms with E-state index in [4.69, 9.17) is 4.74 Å². The van der Waals surface area contributed by atoms with Gasteiger partial charge in [0.25, 0.3) is 0 Å². The molecule has 3 heteroatoms. The summed E-state index contributed by atoms with van der Waals surface area (Å²) in [7, 11) is 1.85. The van der Waals surface area contributed by atoms with E-state index in [1.165, 1.54) is 32.2 Å². The molecule has 3 nitrogen and oxygen atoms in total. The molecule has 22 heavy (non-hydrogen) atoms. The first-order valence-electron chi connectivity index (χ1n) is 9.53. The average Bonchev–Trinajstić information content (AvgIpc) is 2.55. The van der Waals surface area contributed by atoms with Gasteiger partial charge in [0.2, 0.25) is 0 Å². The Hall–Kier alpha value is -0.120. The van der Waals surface area contributed by atoms with E-state index < -0.39 is 0 Å². The van der Waals surface area contributed by atoms with Gasteiger partial charge in [-0.3, -0.25) is 0 Å². The third kappa shape index (κ3) is 11.4. The van der Waals surface area contributed by atoms with Crippen molar-refractivity contribution in [2.75, 3.05) is 39.8 Å². The van der Waals surface area contributed by atoms with Crippen molar-refractivity contribution in [3.8, 4) is 0 Å². The van der Waals surface area contributed by atoms with E-state index in [2.05, 4.69) is 44.8 Å². The van der Waals surface area contributed by atoms with Crippen LogP contribution >= 0.6 is 0 Å². The van der Waals surface area contributed by atoms with Crippen molar-refractivity contribution in [2.24, 2.45) is 11.8 Å². The van der Waals surface area contributed by atoms with E-state index in [0.29, 0.717) is 6.10 Å². The molecule has 1 N–H and O–H groups in total. The Morgan fingerprint density at radius 2 is 1.68 bits per heavy atom. The van der Waals surface area contributed by atoms with Crippen molar-refractivity contribution in [1.29, 1.82) is 0 Å². The lowest BCUT2D eigenvalue weighted by Gasteiger charge is -2.26. The predicted octanol–water partition coefficient (Wildman–Crippen LogP) is 4.18. The zero-order valence-corrected chi connectivity index (χ0v) is 16.2. The minimum Gasteiger partial charge on any atom is -0.380 e. The second kappa shape index (κ2) is 14.5. The smallest absolute Gasteiger partial charge is 0.0710 e. The molecule has 0 saturated carbocycles. The van der Waals surface area contributed by atoms with Crippen LogP contribution in [0.4, 0.5) is 0 Å². The van der Waals surface area contributed by atoms with E-state index in [0.717, 1.165) is 44.4 Å². The number of nitrogens with one attached hydrogen (secondary N) is 1. The lowest BCUT2D eigenvalue weighted by molar-refractivity contribution is 0.0586. The first-order chi connectivity index (χ1) is 10.6. The molecule has 0 radical (unpaired) electrons. The van der Waals surface area contributed by atoms with Gasteiger partial charge < -0.3 is 15.0 Å². The molecule has 0 rings (SSSR count). The Kier molecular flexibility index (Phi) is 14.4. The molecule has 2 unspecified atom stereocenters. The van der Waals surface area contributed by atoms with Crippen LogP contribution in [0.5, 0.6) is 0 Å². The largest absolute Gasteiger partial charge is 0.380 e. The SMILES string of the molecule is CCC(C)CCCN(CC)C[C@H](CCNCC(C)CC)OC. The van der Waals surface area contributed by atoms with Gasteiger partial charge in [-0.2, -0.15) is 0 Å². The topological polar surface area (TPSA) is 24.5 Å². The lowest BCUT2D eigenvalue weighted by atomic mass is 10.0. The van der Waals surface area contributed by atoms with Gasteiger partial charge in [0.05, 0.1) is 6.10 Å². The highest BCUT2D eigenvalue weighted by atomic mass is 16.5. The van der Waals surface area contributed by atoms with E-state index >= 15 is 0 Å². The van der Waals surface area contributed by atoms with Crippen LogP contribution in [-0.2, 0) is 4.74 Å². The molecular formula is C19H42N2O. The van der Waals surface area contributed by atoms with Crippen LogP contribution in [0, 0.1) is 11.8 Å². The van der Waals surface area contributed by atoms with E-state index in [-0.39, 0.29) is 0 Å². The van der Waals surface area contributed by atoms with Gasteiger partial charge in [0.15, 0.2) is 0 Å². The minimum absolute atomic E-state index is 0.355. The number of rotatable bonds is 15. The van der Waals surface area contributed by atoms with Gasteiger partial charge in [0.1, 0.15) is 0 Å². The van der Waals surface area contributed by atoms with Crippen LogP contribution in [0.15, 0.2) is 0 Å². The second-order valence-corrected chi connectivity index (χ2v) is 6.91. The summed E-state index contributed by atoms with van der Waals surface area (Å²) in [6, 6.07) is 0. The Bertz CT molecular complexity index is 235. The summed E-state index contributed by atoms with van der Waals surface area (Å²) in [4.78, 5) is 2.55. The van der Waals surface area contributed by atoms with E-state index in [1.54, 1.807) is 0 Å². The first-order valence-corrected chi connectivity index (χ1v) is 9.53. The minimum atomic E-state index is 0.355. The summed E-state index contributed by atoms with van der Waals surface area (Å²) in [5.41, 5.74) is 0. The lowest BCUT2D eigenvalue weighted by Crippen LogP contribution is -2.36. The molecule has 0 aliphatic heterocycles. The maximum Gasteiger partial charge on any atom is 0.0710 e. The van der Waals surface area contributed by atoms with Gasteiger partial charge in [-0.25, -0.2) is 0 Å². The second-order valence-electron chi connectivity index (χ2n) is 6.91. The molecular weight excluding hydrogens is 272 g/mol. The van der Waals surface area contributed by atoms with Crippen molar-refractivity contribution in [1.82, 2.24) is 10.2 Å². The van der Waals surface area contributed by atoms with Crippen LogP contribution in [-0.4, -0.2) is 50.8 Å². The number of hydrogen-bond donors (Lipinski definition) is 1. The highest BCUT2D eigenvalue weighted by Crippen LogP contribution is 2.10. The van der Waals surface area contributed by atoms with Gasteiger partial charge in [0, 0.05) is 13.7 Å². The molecule has 134 valence electrons. The summed E-state index contributed by atoms with van der Waals surface area (Å²) in [5.74, 6) is 1.63. The molecule has 0 bridgehead atoms. The first kappa shape index (κ1) is 21.9. The molecule has 0 aromatic heterocycles. The summed E-state index contributed by atoms with van der Waals surface area (Å²) in [5, 5.41) is 3.56. The van der Waals surface area contributed by atoms with Crippen LogP contribution < -0.4 is 5.32 Å². The molecule has 0 aliphatic rings. The number of ether oxygens (including phenoxy) is 1. The number of methoxy groups -OCH3 is 1. The van der Waals surface area contributed by atoms with E-state index in [9.17, 15) is 0 Å². The zero-order chi connectivity index (χ0) is 16.8. The Balaban J connectivity index is 3.89. The van der Waals surface area contributed by atoms with Crippen LogP contribution in [0.1, 0.15) is 66.7 Å². The molecule has 0 heterocycles. The molecule has 3 atom stereocenters. The normalized spacial score (nSPS) is 16.0. The van der Waals surface area contributed by atoms with Crippen LogP contribution in [0.2, 0.25) is 0 Å². The Labute approximate surface area is 140 Å². The third-order valence-electron chi connectivity index (χ3n) is 4.94. The highest BCUT2D eigenvalue weighted by molar-refractivity contribution is 4.68. The van der Waals surface area contributed by atoms with Gasteiger partial charge >= 0.3 is 0 Å². The van der Waals surface area contributed by atoms with Gasteiger partial charge in [-0.1, -0.05) is 47.5 Å². The standard InChI is InChI=1S/C19H42N2O/c1-7-17(4)11-10-14-21(9-3)16-19(22-6)12-13-20-15-18(5)8-2/h17-20H,7-16H2,1-6H3/t17?,18?,19-/m0/s1. The fourth-order valence-electron chi connectivity index (χ4n) is 2.57. The molecule has 0 spiro atoms. The van der Waals surface area contributed by atoms with Crippen molar-refractivity contribution < 1.29 is 4.74 Å². The molecule has 0 aromatic carbocycles. The maximum absolute atomic E-state index is 5.68. The van der Waals surface area contributed by atoms with Crippen molar-refractivity contribution in [3.05, 3.63) is 0 Å². The average molecular weight is 315 g/mol. The molecule has 0 aromatic rings. The zero-order valence-electron chi connectivity index (χ0n) is 16.2. The third-order valence-corrected chi connectivity index (χ3v) is 4.94. The monoisotopic (exact) mass is 314 g/mol. The summed E-state index contributed by atoms with van der Waals surface area (Å²) in [6.45, 7) is 17.1. The van der Waals surface area contributed by atoms with Crippen LogP contribution in [0.25, 0.3) is 0 Å². The summed E-state index contributed by atoms with van der Waals surface area (Å²) in [6.07, 6.45) is 6.67. The number of nitrogens with zero attached hydrogens (tertiary/aromatic N) is 1. The fourth-order valence-corrected chi connectivity index (χ4v) is 2.57. The summed E-state index contributed by atoms with van der Waals surface area (Å²) < 4.78 is 5.68. The number of likely N-dealkylation sites (N-methyl/N-ethyl adjacent to an activating group) is 1. The quantitative estimate of drug-likeness (QED) is 0.459. The van der Waals surface area contributed by atoms with Crippen molar-refractivity contribution >= 4 is 0 Å².